The highest BCUT2D eigenvalue weighted by Crippen LogP contribution is 2.22. The number of carboxylic acids is 1. The minimum atomic E-state index is -1.06. The van der Waals surface area contributed by atoms with Crippen molar-refractivity contribution in [3.63, 3.8) is 0 Å². The zero-order chi connectivity index (χ0) is 14.5. The summed E-state index contributed by atoms with van der Waals surface area (Å²) in [5.74, 6) is -1.28. The van der Waals surface area contributed by atoms with E-state index in [9.17, 15) is 14.7 Å². The average molecular weight is 270 g/mol. The SMILES string of the molecule is CC(=O)N(Cc1cccnc1)c1ccccc1C(=O)O. The molecule has 1 heterocycles. The highest BCUT2D eigenvalue weighted by atomic mass is 16.4. The van der Waals surface area contributed by atoms with Gasteiger partial charge in [0.15, 0.2) is 0 Å². The number of hydrogen-bond acceptors (Lipinski definition) is 3. The molecule has 0 aliphatic heterocycles. The van der Waals surface area contributed by atoms with Gasteiger partial charge in [-0.15, -0.1) is 0 Å². The summed E-state index contributed by atoms with van der Waals surface area (Å²) in [5.41, 5.74) is 1.32. The molecule has 20 heavy (non-hydrogen) atoms. The molecule has 0 saturated carbocycles. The Hall–Kier alpha value is -2.69. The third-order valence-corrected chi connectivity index (χ3v) is 2.87. The van der Waals surface area contributed by atoms with Crippen molar-refractivity contribution in [2.45, 2.75) is 13.5 Å². The molecule has 0 radical (unpaired) electrons. The summed E-state index contributed by atoms with van der Waals surface area (Å²) in [5, 5.41) is 9.21. The van der Waals surface area contributed by atoms with Crippen LogP contribution in [0.2, 0.25) is 0 Å². The van der Waals surface area contributed by atoms with Gasteiger partial charge in [-0.25, -0.2) is 4.79 Å². The van der Waals surface area contributed by atoms with E-state index in [4.69, 9.17) is 0 Å². The maximum Gasteiger partial charge on any atom is 0.337 e. The number of aromatic nitrogens is 1. The van der Waals surface area contributed by atoms with Crippen molar-refractivity contribution in [2.24, 2.45) is 0 Å². The van der Waals surface area contributed by atoms with Crippen molar-refractivity contribution in [2.75, 3.05) is 4.90 Å². The van der Waals surface area contributed by atoms with E-state index in [1.807, 2.05) is 6.07 Å². The van der Waals surface area contributed by atoms with E-state index in [-0.39, 0.29) is 18.0 Å². The third-order valence-electron chi connectivity index (χ3n) is 2.87. The summed E-state index contributed by atoms with van der Waals surface area (Å²) in [6.07, 6.45) is 3.30. The molecule has 0 aliphatic rings. The molecule has 1 aromatic carbocycles. The molecule has 0 saturated heterocycles. The number of aromatic carboxylic acids is 1. The lowest BCUT2D eigenvalue weighted by molar-refractivity contribution is -0.116. The van der Waals surface area contributed by atoms with Gasteiger partial charge in [0, 0.05) is 19.3 Å². The Kier molecular flexibility index (Phi) is 4.10. The maximum atomic E-state index is 11.8. The second-order valence-electron chi connectivity index (χ2n) is 4.29. The number of para-hydroxylation sites is 1. The molecule has 2 rings (SSSR count). The summed E-state index contributed by atoms with van der Waals surface area (Å²) in [6.45, 7) is 1.70. The Morgan fingerprint density at radius 2 is 1.95 bits per heavy atom. The molecule has 102 valence electrons. The molecule has 0 aliphatic carbocycles. The van der Waals surface area contributed by atoms with Crippen molar-refractivity contribution < 1.29 is 14.7 Å². The lowest BCUT2D eigenvalue weighted by atomic mass is 10.1. The van der Waals surface area contributed by atoms with Gasteiger partial charge < -0.3 is 10.0 Å². The van der Waals surface area contributed by atoms with Crippen LogP contribution < -0.4 is 4.90 Å². The first-order chi connectivity index (χ1) is 9.59. The van der Waals surface area contributed by atoms with E-state index in [0.717, 1.165) is 5.56 Å². The molecular formula is C15H14N2O3. The monoisotopic (exact) mass is 270 g/mol. The fourth-order valence-electron chi connectivity index (χ4n) is 1.93. The fraction of sp³-hybridized carbons (Fsp3) is 0.133. The number of amides is 1. The standard InChI is InChI=1S/C15H14N2O3/c1-11(18)17(10-12-5-4-8-16-9-12)14-7-3-2-6-13(14)15(19)20/h2-9H,10H2,1H3,(H,19,20). The van der Waals surface area contributed by atoms with Crippen LogP contribution in [0.25, 0.3) is 0 Å². The lowest BCUT2D eigenvalue weighted by Gasteiger charge is -2.22. The van der Waals surface area contributed by atoms with E-state index in [0.29, 0.717) is 5.69 Å². The molecule has 0 unspecified atom stereocenters. The third kappa shape index (κ3) is 3.00. The largest absolute Gasteiger partial charge is 0.478 e. The van der Waals surface area contributed by atoms with Crippen LogP contribution in [0.5, 0.6) is 0 Å². The average Bonchev–Trinajstić information content (AvgIpc) is 2.45. The van der Waals surface area contributed by atoms with Crippen LogP contribution in [-0.2, 0) is 11.3 Å². The second kappa shape index (κ2) is 5.97. The molecule has 0 bridgehead atoms. The molecule has 0 spiro atoms. The zero-order valence-electron chi connectivity index (χ0n) is 11.0. The number of carbonyl (C=O) groups excluding carboxylic acids is 1. The first-order valence-electron chi connectivity index (χ1n) is 6.09. The Morgan fingerprint density at radius 3 is 2.55 bits per heavy atom. The van der Waals surface area contributed by atoms with Gasteiger partial charge in [-0.1, -0.05) is 18.2 Å². The summed E-state index contributed by atoms with van der Waals surface area (Å²) < 4.78 is 0. The van der Waals surface area contributed by atoms with E-state index < -0.39 is 5.97 Å². The van der Waals surface area contributed by atoms with Gasteiger partial charge in [-0.05, 0) is 23.8 Å². The fourth-order valence-corrected chi connectivity index (χ4v) is 1.93. The summed E-state index contributed by atoms with van der Waals surface area (Å²) in [4.78, 5) is 28.5. The van der Waals surface area contributed by atoms with Gasteiger partial charge in [-0.3, -0.25) is 9.78 Å². The number of anilines is 1. The lowest BCUT2D eigenvalue weighted by Crippen LogP contribution is -2.29. The Balaban J connectivity index is 2.39. The molecule has 5 heteroatoms. The highest BCUT2D eigenvalue weighted by Gasteiger charge is 2.18. The molecule has 1 amide bonds. The predicted octanol–water partition coefficient (Wildman–Crippen LogP) is 2.33. The molecule has 0 atom stereocenters. The number of carbonyl (C=O) groups is 2. The van der Waals surface area contributed by atoms with Crippen molar-refractivity contribution in [1.82, 2.24) is 4.98 Å². The summed E-state index contributed by atoms with van der Waals surface area (Å²) >= 11 is 0. The summed E-state index contributed by atoms with van der Waals surface area (Å²) in [7, 11) is 0. The quantitative estimate of drug-likeness (QED) is 0.925. The van der Waals surface area contributed by atoms with Crippen LogP contribution in [-0.4, -0.2) is 22.0 Å². The van der Waals surface area contributed by atoms with E-state index in [2.05, 4.69) is 4.98 Å². The number of rotatable bonds is 4. The van der Waals surface area contributed by atoms with Crippen LogP contribution in [0.1, 0.15) is 22.8 Å². The molecule has 5 nitrogen and oxygen atoms in total. The van der Waals surface area contributed by atoms with Crippen molar-refractivity contribution in [1.29, 1.82) is 0 Å². The summed E-state index contributed by atoms with van der Waals surface area (Å²) in [6, 6.07) is 10.1. The van der Waals surface area contributed by atoms with Gasteiger partial charge in [-0.2, -0.15) is 0 Å². The van der Waals surface area contributed by atoms with Crippen LogP contribution >= 0.6 is 0 Å². The van der Waals surface area contributed by atoms with Crippen LogP contribution in [0.4, 0.5) is 5.69 Å². The number of pyridine rings is 1. The smallest absolute Gasteiger partial charge is 0.337 e. The number of carboxylic acid groups (broad SMARTS) is 1. The minimum Gasteiger partial charge on any atom is -0.478 e. The van der Waals surface area contributed by atoms with Crippen LogP contribution in [0.3, 0.4) is 0 Å². The van der Waals surface area contributed by atoms with Gasteiger partial charge in [0.2, 0.25) is 5.91 Å². The van der Waals surface area contributed by atoms with Crippen molar-refractivity contribution >= 4 is 17.6 Å². The first kappa shape index (κ1) is 13.7. The molecule has 1 N–H and O–H groups in total. The maximum absolute atomic E-state index is 11.8. The first-order valence-corrected chi connectivity index (χ1v) is 6.09. The number of hydrogen-bond donors (Lipinski definition) is 1. The van der Waals surface area contributed by atoms with Crippen LogP contribution in [0.15, 0.2) is 48.8 Å². The van der Waals surface area contributed by atoms with Gasteiger partial charge >= 0.3 is 5.97 Å². The molecule has 1 aromatic heterocycles. The predicted molar refractivity (Wildman–Crippen MR) is 74.5 cm³/mol. The Labute approximate surface area is 116 Å². The molecule has 0 fully saturated rings. The Bertz CT molecular complexity index is 626. The number of nitrogens with zero attached hydrogens (tertiary/aromatic N) is 2. The topological polar surface area (TPSA) is 70.5 Å². The van der Waals surface area contributed by atoms with Gasteiger partial charge in [0.25, 0.3) is 0 Å². The van der Waals surface area contributed by atoms with Crippen molar-refractivity contribution in [3.8, 4) is 0 Å². The molecule has 2 aromatic rings. The number of benzene rings is 1. The zero-order valence-corrected chi connectivity index (χ0v) is 11.0. The minimum absolute atomic E-state index is 0.103. The highest BCUT2D eigenvalue weighted by molar-refractivity contribution is 6.01. The van der Waals surface area contributed by atoms with E-state index in [1.165, 1.54) is 17.9 Å². The van der Waals surface area contributed by atoms with Crippen molar-refractivity contribution in [3.05, 3.63) is 59.9 Å². The van der Waals surface area contributed by atoms with E-state index >= 15 is 0 Å². The van der Waals surface area contributed by atoms with Gasteiger partial charge in [0.05, 0.1) is 17.8 Å². The second-order valence-corrected chi connectivity index (χ2v) is 4.29. The van der Waals surface area contributed by atoms with Gasteiger partial charge in [0.1, 0.15) is 0 Å². The normalized spacial score (nSPS) is 10.1. The Morgan fingerprint density at radius 1 is 1.20 bits per heavy atom. The van der Waals surface area contributed by atoms with Crippen LogP contribution in [0, 0.1) is 0 Å². The van der Waals surface area contributed by atoms with E-state index in [1.54, 1.807) is 36.7 Å². The molecular weight excluding hydrogens is 256 g/mol.